The van der Waals surface area contributed by atoms with Crippen LogP contribution >= 0.6 is 0 Å². The molecule has 0 atom stereocenters. The molecule has 0 aliphatic heterocycles. The number of aromatic nitrogens is 2. The molecule has 0 radical (unpaired) electrons. The highest BCUT2D eigenvalue weighted by Gasteiger charge is 2.21. The van der Waals surface area contributed by atoms with Crippen LogP contribution in [0, 0.1) is 10.1 Å². The van der Waals surface area contributed by atoms with Crippen molar-refractivity contribution in [1.29, 1.82) is 0 Å². The summed E-state index contributed by atoms with van der Waals surface area (Å²) in [7, 11) is -2.38. The second kappa shape index (κ2) is 4.81. The van der Waals surface area contributed by atoms with Crippen molar-refractivity contribution in [3.05, 3.63) is 40.7 Å². The van der Waals surface area contributed by atoms with Crippen LogP contribution in [0.3, 0.4) is 0 Å². The van der Waals surface area contributed by atoms with Gasteiger partial charge in [0.2, 0.25) is 0 Å². The SMILES string of the molecule is Cn1cc(NS(=O)(=O)c2ccc(O)c([N+](=O)[O-])c2)cn1. The number of phenols is 1. The third-order valence-corrected chi connectivity index (χ3v) is 3.79. The summed E-state index contributed by atoms with van der Waals surface area (Å²) < 4.78 is 27.7. The lowest BCUT2D eigenvalue weighted by Crippen LogP contribution is -2.12. The van der Waals surface area contributed by atoms with E-state index < -0.39 is 26.4 Å². The normalized spacial score (nSPS) is 11.2. The summed E-state index contributed by atoms with van der Waals surface area (Å²) in [6.45, 7) is 0. The molecule has 2 N–H and O–H groups in total. The van der Waals surface area contributed by atoms with Gasteiger partial charge in [-0.25, -0.2) is 8.42 Å². The smallest absolute Gasteiger partial charge is 0.312 e. The van der Waals surface area contributed by atoms with Crippen molar-refractivity contribution in [3.63, 3.8) is 0 Å². The van der Waals surface area contributed by atoms with E-state index in [9.17, 15) is 23.6 Å². The summed E-state index contributed by atoms with van der Waals surface area (Å²) in [5, 5.41) is 23.8. The molecule has 0 aliphatic carbocycles. The van der Waals surface area contributed by atoms with Crippen LogP contribution in [-0.2, 0) is 17.1 Å². The molecule has 2 aromatic rings. The molecule has 1 aromatic carbocycles. The summed E-state index contributed by atoms with van der Waals surface area (Å²) in [5.74, 6) is -0.602. The van der Waals surface area contributed by atoms with Crippen molar-refractivity contribution in [2.75, 3.05) is 4.72 Å². The Morgan fingerprint density at radius 3 is 2.70 bits per heavy atom. The molecule has 2 rings (SSSR count). The molecular formula is C10H10N4O5S. The predicted octanol–water partition coefficient (Wildman–Crippen LogP) is 0.835. The Labute approximate surface area is 113 Å². The zero-order valence-corrected chi connectivity index (χ0v) is 11.0. The van der Waals surface area contributed by atoms with Crippen LogP contribution in [0.2, 0.25) is 0 Å². The van der Waals surface area contributed by atoms with Crippen LogP contribution in [-0.4, -0.2) is 28.2 Å². The number of hydrogen-bond donors (Lipinski definition) is 2. The first-order valence-corrected chi connectivity index (χ1v) is 6.77. The van der Waals surface area contributed by atoms with E-state index in [0.29, 0.717) is 0 Å². The number of aryl methyl sites for hydroxylation is 1. The van der Waals surface area contributed by atoms with Crippen molar-refractivity contribution >= 4 is 21.4 Å². The highest BCUT2D eigenvalue weighted by atomic mass is 32.2. The van der Waals surface area contributed by atoms with Crippen LogP contribution < -0.4 is 4.72 Å². The van der Waals surface area contributed by atoms with E-state index in [1.807, 2.05) is 0 Å². The van der Waals surface area contributed by atoms with Crippen molar-refractivity contribution in [2.24, 2.45) is 7.05 Å². The maximum atomic E-state index is 12.0. The van der Waals surface area contributed by atoms with Gasteiger partial charge in [0.25, 0.3) is 10.0 Å². The molecule has 0 unspecified atom stereocenters. The Kier molecular flexibility index (Phi) is 3.32. The molecule has 1 heterocycles. The second-order valence-electron chi connectivity index (χ2n) is 3.92. The largest absolute Gasteiger partial charge is 0.502 e. The number of nitrogens with zero attached hydrogens (tertiary/aromatic N) is 3. The molecule has 20 heavy (non-hydrogen) atoms. The van der Waals surface area contributed by atoms with Crippen molar-refractivity contribution in [2.45, 2.75) is 4.90 Å². The Balaban J connectivity index is 2.39. The third-order valence-electron chi connectivity index (χ3n) is 2.41. The first-order valence-electron chi connectivity index (χ1n) is 5.28. The molecule has 1 aromatic heterocycles. The first kappa shape index (κ1) is 13.8. The number of rotatable bonds is 4. The average Bonchev–Trinajstić information content (AvgIpc) is 2.73. The molecule has 0 fully saturated rings. The minimum absolute atomic E-state index is 0.225. The number of benzene rings is 1. The molecule has 10 heteroatoms. The average molecular weight is 298 g/mol. The number of nitrogens with one attached hydrogen (secondary N) is 1. The predicted molar refractivity (Wildman–Crippen MR) is 68.8 cm³/mol. The van der Waals surface area contributed by atoms with Gasteiger partial charge in [-0.3, -0.25) is 19.5 Å². The fourth-order valence-electron chi connectivity index (χ4n) is 1.50. The number of nitro groups is 1. The minimum atomic E-state index is -3.99. The zero-order valence-electron chi connectivity index (χ0n) is 10.2. The number of phenolic OH excluding ortho intramolecular Hbond substituents is 1. The Hall–Kier alpha value is -2.62. The minimum Gasteiger partial charge on any atom is -0.502 e. The maximum absolute atomic E-state index is 12.0. The van der Waals surface area contributed by atoms with Crippen LogP contribution in [0.5, 0.6) is 5.75 Å². The fourth-order valence-corrected chi connectivity index (χ4v) is 2.55. The van der Waals surface area contributed by atoms with Gasteiger partial charge in [0.05, 0.1) is 21.7 Å². The summed E-state index contributed by atoms with van der Waals surface area (Å²) >= 11 is 0. The quantitative estimate of drug-likeness (QED) is 0.635. The van der Waals surface area contributed by atoms with Gasteiger partial charge < -0.3 is 5.11 Å². The number of hydrogen-bond acceptors (Lipinski definition) is 6. The molecule has 0 amide bonds. The lowest BCUT2D eigenvalue weighted by atomic mass is 10.3. The fraction of sp³-hybridized carbons (Fsp3) is 0.100. The second-order valence-corrected chi connectivity index (χ2v) is 5.60. The van der Waals surface area contributed by atoms with Gasteiger partial charge in [-0.2, -0.15) is 5.10 Å². The maximum Gasteiger partial charge on any atom is 0.312 e. The molecule has 0 bridgehead atoms. The molecule has 0 saturated carbocycles. The summed E-state index contributed by atoms with van der Waals surface area (Å²) in [6, 6.07) is 2.81. The lowest BCUT2D eigenvalue weighted by molar-refractivity contribution is -0.386. The van der Waals surface area contributed by atoms with Gasteiger partial charge >= 0.3 is 5.69 Å². The molecule has 0 aliphatic rings. The van der Waals surface area contributed by atoms with Crippen LogP contribution in [0.15, 0.2) is 35.5 Å². The topological polar surface area (TPSA) is 127 Å². The van der Waals surface area contributed by atoms with E-state index in [2.05, 4.69) is 9.82 Å². The number of aromatic hydroxyl groups is 1. The van der Waals surface area contributed by atoms with E-state index in [1.54, 1.807) is 7.05 Å². The highest BCUT2D eigenvalue weighted by Crippen LogP contribution is 2.28. The molecule has 106 valence electrons. The first-order chi connectivity index (χ1) is 9.29. The van der Waals surface area contributed by atoms with E-state index in [-0.39, 0.29) is 10.6 Å². The van der Waals surface area contributed by atoms with Crippen LogP contribution in [0.25, 0.3) is 0 Å². The van der Waals surface area contributed by atoms with Gasteiger partial charge in [0, 0.05) is 19.3 Å². The Morgan fingerprint density at radius 1 is 1.45 bits per heavy atom. The Bertz CT molecular complexity index is 768. The van der Waals surface area contributed by atoms with Gasteiger partial charge in [-0.1, -0.05) is 0 Å². The molecule has 9 nitrogen and oxygen atoms in total. The molecular weight excluding hydrogens is 288 g/mol. The van der Waals surface area contributed by atoms with E-state index in [1.165, 1.54) is 17.1 Å². The zero-order chi connectivity index (χ0) is 14.9. The number of sulfonamides is 1. The monoisotopic (exact) mass is 298 g/mol. The van der Waals surface area contributed by atoms with Crippen molar-refractivity contribution < 1.29 is 18.4 Å². The number of anilines is 1. The third kappa shape index (κ3) is 2.69. The summed E-state index contributed by atoms with van der Waals surface area (Å²) in [6.07, 6.45) is 2.73. The van der Waals surface area contributed by atoms with E-state index in [0.717, 1.165) is 18.2 Å². The van der Waals surface area contributed by atoms with Gasteiger partial charge in [0.15, 0.2) is 5.75 Å². The van der Waals surface area contributed by atoms with Gasteiger partial charge in [-0.05, 0) is 12.1 Å². The van der Waals surface area contributed by atoms with Crippen LogP contribution in [0.4, 0.5) is 11.4 Å². The van der Waals surface area contributed by atoms with Gasteiger partial charge in [0.1, 0.15) is 0 Å². The highest BCUT2D eigenvalue weighted by molar-refractivity contribution is 7.92. The summed E-state index contributed by atoms with van der Waals surface area (Å²) in [5.41, 5.74) is -0.456. The van der Waals surface area contributed by atoms with E-state index in [4.69, 9.17) is 0 Å². The lowest BCUT2D eigenvalue weighted by Gasteiger charge is -2.06. The van der Waals surface area contributed by atoms with E-state index >= 15 is 0 Å². The van der Waals surface area contributed by atoms with Crippen molar-refractivity contribution in [1.82, 2.24) is 9.78 Å². The molecule has 0 spiro atoms. The van der Waals surface area contributed by atoms with Crippen molar-refractivity contribution in [3.8, 4) is 5.75 Å². The van der Waals surface area contributed by atoms with Gasteiger partial charge in [-0.15, -0.1) is 0 Å². The Morgan fingerprint density at radius 2 is 2.15 bits per heavy atom. The molecule has 0 saturated heterocycles. The standard InChI is InChI=1S/C10H10N4O5S/c1-13-6-7(5-11-13)12-20(18,19)8-2-3-10(15)9(4-8)14(16)17/h2-6,12,15H,1H3. The van der Waals surface area contributed by atoms with Crippen LogP contribution in [0.1, 0.15) is 0 Å². The number of nitro benzene ring substituents is 1. The summed E-state index contributed by atoms with van der Waals surface area (Å²) in [4.78, 5) is 9.49.